The molecule has 1 heterocycles. The number of hydrogen-bond donors (Lipinski definition) is 1. The lowest BCUT2D eigenvalue weighted by Gasteiger charge is -2.59. The summed E-state index contributed by atoms with van der Waals surface area (Å²) in [7, 11) is -1.76. The first-order valence-electron chi connectivity index (χ1n) is 15.9. The summed E-state index contributed by atoms with van der Waals surface area (Å²) in [4.78, 5) is 1.29. The zero-order valence-corrected chi connectivity index (χ0v) is 28.1. The second-order valence-corrected chi connectivity index (χ2v) is 20.0. The fourth-order valence-corrected chi connectivity index (χ4v) is 11.7. The van der Waals surface area contributed by atoms with Crippen molar-refractivity contribution in [3.63, 3.8) is 0 Å². The van der Waals surface area contributed by atoms with Crippen molar-refractivity contribution >= 4 is 20.1 Å². The summed E-state index contributed by atoms with van der Waals surface area (Å²) in [6, 6.07) is 9.28. The maximum absolute atomic E-state index is 12.4. The van der Waals surface area contributed by atoms with Crippen molar-refractivity contribution in [2.45, 2.75) is 120 Å². The standard InChI is InChI=1S/C35H50O4SSi/c1-8-16-33(24(2)39-41(5,6)7)17-14-29-27-13-18-34(36)23-35(37-20-21-38-35)19-15-30(34)31(27)28(22-32(29,33)3)25-9-11-26(40-4)12-10-25/h9-12,24,27-29,36H,13-15,17-23H2,1-7H3/t24-,27+,28-,29+,32+,33-,34-/m1/s1. The molecule has 224 valence electrons. The summed E-state index contributed by atoms with van der Waals surface area (Å²) >= 11 is 1.79. The second-order valence-electron chi connectivity index (χ2n) is 14.7. The molecule has 3 saturated carbocycles. The topological polar surface area (TPSA) is 47.9 Å². The Hall–Kier alpha value is -1.07. The first-order chi connectivity index (χ1) is 19.4. The summed E-state index contributed by atoms with van der Waals surface area (Å²) in [6.45, 7) is 15.1. The number of aliphatic hydroxyl groups is 1. The Morgan fingerprint density at radius 2 is 1.78 bits per heavy atom. The molecule has 0 unspecified atom stereocenters. The van der Waals surface area contributed by atoms with Gasteiger partial charge in [0.15, 0.2) is 14.1 Å². The highest BCUT2D eigenvalue weighted by Gasteiger charge is 2.66. The summed E-state index contributed by atoms with van der Waals surface area (Å²) in [5, 5.41) is 12.4. The molecule has 41 heavy (non-hydrogen) atoms. The molecule has 4 fully saturated rings. The molecule has 0 radical (unpaired) electrons. The number of thioether (sulfide) groups is 1. The third kappa shape index (κ3) is 4.82. The Morgan fingerprint density at radius 1 is 1.07 bits per heavy atom. The van der Waals surface area contributed by atoms with Crippen LogP contribution in [0.3, 0.4) is 0 Å². The van der Waals surface area contributed by atoms with E-state index in [1.807, 2.05) is 6.92 Å². The van der Waals surface area contributed by atoms with Crippen LogP contribution in [0.15, 0.2) is 40.3 Å². The zero-order chi connectivity index (χ0) is 29.3. The van der Waals surface area contributed by atoms with Gasteiger partial charge >= 0.3 is 0 Å². The van der Waals surface area contributed by atoms with Crippen LogP contribution in [0.4, 0.5) is 0 Å². The average molecular weight is 595 g/mol. The van der Waals surface area contributed by atoms with E-state index >= 15 is 0 Å². The van der Waals surface area contributed by atoms with Gasteiger partial charge in [-0.1, -0.05) is 30.6 Å². The van der Waals surface area contributed by atoms with Crippen molar-refractivity contribution in [2.75, 3.05) is 19.5 Å². The van der Waals surface area contributed by atoms with Gasteiger partial charge in [-0.05, 0) is 119 Å². The van der Waals surface area contributed by atoms with Gasteiger partial charge in [0, 0.05) is 23.7 Å². The van der Waals surface area contributed by atoms with Crippen LogP contribution in [0.1, 0.15) is 83.6 Å². The first-order valence-corrected chi connectivity index (χ1v) is 20.5. The van der Waals surface area contributed by atoms with E-state index in [-0.39, 0.29) is 22.9 Å². The minimum Gasteiger partial charge on any atom is -0.413 e. The van der Waals surface area contributed by atoms with Crippen LogP contribution in [0, 0.1) is 34.5 Å². The van der Waals surface area contributed by atoms with Gasteiger partial charge in [0.05, 0.1) is 30.3 Å². The molecule has 6 rings (SSSR count). The summed E-state index contributed by atoms with van der Waals surface area (Å²) in [5.74, 6) is 7.92. The van der Waals surface area contributed by atoms with Gasteiger partial charge < -0.3 is 19.0 Å². The van der Waals surface area contributed by atoms with Gasteiger partial charge in [-0.25, -0.2) is 0 Å². The molecule has 0 amide bonds. The predicted octanol–water partition coefficient (Wildman–Crippen LogP) is 7.93. The fraction of sp³-hybridized carbons (Fsp3) is 0.714. The number of rotatable bonds is 5. The minimum atomic E-state index is -1.76. The molecule has 1 aromatic carbocycles. The Labute approximate surface area is 253 Å². The molecule has 1 aromatic rings. The molecule has 0 aromatic heterocycles. The SMILES string of the molecule is CC#C[C@]1([C@@H](C)O[Si](C)(C)C)CC[C@H]2[C@@H]3CC[C@@]4(O)CC5(CCC4=C3[C@@H](c3ccc(SC)cc3)C[C@@]21C)OCCO5. The highest BCUT2D eigenvalue weighted by atomic mass is 32.2. The van der Waals surface area contributed by atoms with Gasteiger partial charge in [0.1, 0.15) is 0 Å². The van der Waals surface area contributed by atoms with Crippen molar-refractivity contribution in [3.05, 3.63) is 41.0 Å². The highest BCUT2D eigenvalue weighted by molar-refractivity contribution is 7.98. The van der Waals surface area contributed by atoms with E-state index in [1.54, 1.807) is 17.3 Å². The van der Waals surface area contributed by atoms with E-state index in [2.05, 4.69) is 75.9 Å². The van der Waals surface area contributed by atoms with E-state index < -0.39 is 19.7 Å². The molecule has 4 aliphatic carbocycles. The fourth-order valence-electron chi connectivity index (χ4n) is 10.0. The highest BCUT2D eigenvalue weighted by Crippen LogP contribution is 2.71. The largest absolute Gasteiger partial charge is 0.413 e. The molecule has 7 atom stereocenters. The Bertz CT molecular complexity index is 1250. The molecular weight excluding hydrogens is 545 g/mol. The third-order valence-corrected chi connectivity index (χ3v) is 13.4. The van der Waals surface area contributed by atoms with Gasteiger partial charge in [-0.3, -0.25) is 0 Å². The number of allylic oxidation sites excluding steroid dienone is 1. The van der Waals surface area contributed by atoms with Crippen molar-refractivity contribution < 1.29 is 19.0 Å². The van der Waals surface area contributed by atoms with Crippen LogP contribution in [-0.4, -0.2) is 50.4 Å². The second kappa shape index (κ2) is 10.5. The number of ether oxygens (including phenoxy) is 2. The van der Waals surface area contributed by atoms with Gasteiger partial charge in [0.25, 0.3) is 0 Å². The van der Waals surface area contributed by atoms with Crippen LogP contribution in [0.5, 0.6) is 0 Å². The molecule has 4 nitrogen and oxygen atoms in total. The normalized spacial score (nSPS) is 38.6. The molecule has 6 heteroatoms. The third-order valence-electron chi connectivity index (χ3n) is 11.6. The monoisotopic (exact) mass is 594 g/mol. The van der Waals surface area contributed by atoms with Crippen LogP contribution in [0.25, 0.3) is 0 Å². The van der Waals surface area contributed by atoms with Crippen molar-refractivity contribution in [1.82, 2.24) is 0 Å². The van der Waals surface area contributed by atoms with Crippen LogP contribution >= 0.6 is 11.8 Å². The van der Waals surface area contributed by atoms with E-state index in [4.69, 9.17) is 13.9 Å². The summed E-state index contributed by atoms with van der Waals surface area (Å²) < 4.78 is 19.2. The Morgan fingerprint density at radius 3 is 2.41 bits per heavy atom. The van der Waals surface area contributed by atoms with Gasteiger partial charge in [-0.15, -0.1) is 17.7 Å². The Kier molecular flexibility index (Phi) is 7.70. The smallest absolute Gasteiger partial charge is 0.184 e. The minimum absolute atomic E-state index is 0.0235. The lowest BCUT2D eigenvalue weighted by molar-refractivity contribution is -0.208. The van der Waals surface area contributed by atoms with Crippen molar-refractivity contribution in [3.8, 4) is 11.8 Å². The van der Waals surface area contributed by atoms with Crippen molar-refractivity contribution in [1.29, 1.82) is 0 Å². The van der Waals surface area contributed by atoms with E-state index in [9.17, 15) is 5.11 Å². The lowest BCUT2D eigenvalue weighted by atomic mass is 9.47. The molecule has 5 aliphatic rings. The first kappa shape index (κ1) is 30.0. The summed E-state index contributed by atoms with van der Waals surface area (Å²) in [5.41, 5.74) is 3.26. The van der Waals surface area contributed by atoms with Crippen molar-refractivity contribution in [2.24, 2.45) is 22.7 Å². The van der Waals surface area contributed by atoms with Crippen LogP contribution in [0.2, 0.25) is 19.6 Å². The maximum Gasteiger partial charge on any atom is 0.184 e. The molecule has 0 bridgehead atoms. The van der Waals surface area contributed by atoms with Gasteiger partial charge in [-0.2, -0.15) is 0 Å². The van der Waals surface area contributed by atoms with Gasteiger partial charge in [0.2, 0.25) is 0 Å². The number of benzene rings is 1. The number of fused-ring (bicyclic) bond motifs is 4. The van der Waals surface area contributed by atoms with Crippen LogP contribution < -0.4 is 0 Å². The molecule has 1 aliphatic heterocycles. The van der Waals surface area contributed by atoms with Crippen LogP contribution in [-0.2, 0) is 13.9 Å². The van der Waals surface area contributed by atoms with E-state index in [1.165, 1.54) is 22.5 Å². The Balaban J connectivity index is 1.48. The number of hydrogen-bond acceptors (Lipinski definition) is 5. The van der Waals surface area contributed by atoms with E-state index in [0.29, 0.717) is 31.5 Å². The molecule has 1 saturated heterocycles. The predicted molar refractivity (Wildman–Crippen MR) is 169 cm³/mol. The molecular formula is C35H50O4SSi. The average Bonchev–Trinajstić information content (AvgIpc) is 3.49. The molecule has 1 spiro atoms. The maximum atomic E-state index is 12.4. The van der Waals surface area contributed by atoms with E-state index in [0.717, 1.165) is 38.5 Å². The zero-order valence-electron chi connectivity index (χ0n) is 26.3. The lowest BCUT2D eigenvalue weighted by Crippen LogP contribution is -2.56. The summed E-state index contributed by atoms with van der Waals surface area (Å²) in [6.07, 6.45) is 9.64. The quantitative estimate of drug-likeness (QED) is 0.162. The molecule has 1 N–H and O–H groups in total.